The average Bonchev–Trinajstić information content (AvgIpc) is 2.75. The van der Waals surface area contributed by atoms with Crippen LogP contribution in [-0.4, -0.2) is 30.5 Å². The summed E-state index contributed by atoms with van der Waals surface area (Å²) in [7, 11) is 1.60. The predicted molar refractivity (Wildman–Crippen MR) is 108 cm³/mol. The van der Waals surface area contributed by atoms with Crippen LogP contribution < -0.4 is 15.4 Å². The minimum Gasteiger partial charge on any atom is -0.497 e. The summed E-state index contributed by atoms with van der Waals surface area (Å²) in [4.78, 5) is 28.7. The predicted octanol–water partition coefficient (Wildman–Crippen LogP) is 3.45. The van der Waals surface area contributed by atoms with Crippen LogP contribution in [0.5, 0.6) is 5.75 Å². The summed E-state index contributed by atoms with van der Waals surface area (Å²) >= 11 is 0. The number of anilines is 1. The molecule has 0 radical (unpaired) electrons. The first kappa shape index (κ1) is 20.0. The fourth-order valence-electron chi connectivity index (χ4n) is 2.69. The highest BCUT2D eigenvalue weighted by Crippen LogP contribution is 2.15. The van der Waals surface area contributed by atoms with Gasteiger partial charge in [-0.05, 0) is 48.4 Å². The third kappa shape index (κ3) is 5.38. The number of ether oxygens (including phenoxy) is 1. The van der Waals surface area contributed by atoms with Crippen molar-refractivity contribution in [2.75, 3.05) is 19.0 Å². The number of hydrogen-bond donors (Lipinski definition) is 2. The summed E-state index contributed by atoms with van der Waals surface area (Å²) in [6, 6.07) is 16.3. The standard InChI is InChI=1S/C22H20FN3O3/c1-29-17-6-4-5-15(13-17)9-11-25-22(28)20-14-16(10-12-24-20)21(27)26-19-8-3-2-7-18(19)23/h2-8,10,12-14H,9,11H2,1H3,(H,25,28)(H,26,27). The number of hydrogen-bond acceptors (Lipinski definition) is 4. The molecule has 29 heavy (non-hydrogen) atoms. The number of carbonyl (C=O) groups is 2. The zero-order valence-electron chi connectivity index (χ0n) is 15.8. The van der Waals surface area contributed by atoms with E-state index in [-0.39, 0.29) is 16.9 Å². The van der Waals surface area contributed by atoms with E-state index in [2.05, 4.69) is 15.6 Å². The molecule has 0 atom stereocenters. The molecule has 0 aliphatic carbocycles. The average molecular weight is 393 g/mol. The lowest BCUT2D eigenvalue weighted by molar-refractivity contribution is 0.0949. The lowest BCUT2D eigenvalue weighted by atomic mass is 10.1. The van der Waals surface area contributed by atoms with Gasteiger partial charge in [-0.3, -0.25) is 14.6 Å². The molecule has 0 unspecified atom stereocenters. The molecule has 1 heterocycles. The van der Waals surface area contributed by atoms with E-state index in [9.17, 15) is 14.0 Å². The topological polar surface area (TPSA) is 80.3 Å². The summed E-state index contributed by atoms with van der Waals surface area (Å²) in [5.41, 5.74) is 1.41. The van der Waals surface area contributed by atoms with Gasteiger partial charge in [-0.25, -0.2) is 4.39 Å². The molecule has 0 spiro atoms. The van der Waals surface area contributed by atoms with Crippen molar-refractivity contribution in [3.05, 3.63) is 89.5 Å². The molecule has 148 valence electrons. The Labute approximate surface area is 167 Å². The molecule has 2 amide bonds. The van der Waals surface area contributed by atoms with Gasteiger partial charge in [0.2, 0.25) is 0 Å². The van der Waals surface area contributed by atoms with Gasteiger partial charge in [0, 0.05) is 18.3 Å². The Morgan fingerprint density at radius 2 is 1.86 bits per heavy atom. The minimum atomic E-state index is -0.537. The van der Waals surface area contributed by atoms with Crippen LogP contribution in [0.25, 0.3) is 0 Å². The van der Waals surface area contributed by atoms with Crippen molar-refractivity contribution in [3.8, 4) is 5.75 Å². The van der Waals surface area contributed by atoms with Crippen molar-refractivity contribution in [2.24, 2.45) is 0 Å². The van der Waals surface area contributed by atoms with Crippen molar-refractivity contribution < 1.29 is 18.7 Å². The number of nitrogens with zero attached hydrogens (tertiary/aromatic N) is 1. The van der Waals surface area contributed by atoms with E-state index in [0.29, 0.717) is 13.0 Å². The second-order valence-corrected chi connectivity index (χ2v) is 6.22. The quantitative estimate of drug-likeness (QED) is 0.644. The van der Waals surface area contributed by atoms with Gasteiger partial charge in [0.25, 0.3) is 11.8 Å². The van der Waals surface area contributed by atoms with Crippen molar-refractivity contribution in [3.63, 3.8) is 0 Å². The van der Waals surface area contributed by atoms with Crippen LogP contribution in [0.4, 0.5) is 10.1 Å². The zero-order chi connectivity index (χ0) is 20.6. The molecule has 7 heteroatoms. The highest BCUT2D eigenvalue weighted by atomic mass is 19.1. The maximum Gasteiger partial charge on any atom is 0.269 e. The van der Waals surface area contributed by atoms with Gasteiger partial charge in [0.15, 0.2) is 0 Å². The number of carbonyl (C=O) groups excluding carboxylic acids is 2. The maximum absolute atomic E-state index is 13.7. The monoisotopic (exact) mass is 393 g/mol. The lowest BCUT2D eigenvalue weighted by Crippen LogP contribution is -2.27. The van der Waals surface area contributed by atoms with E-state index in [1.165, 1.54) is 36.5 Å². The van der Waals surface area contributed by atoms with E-state index < -0.39 is 17.6 Å². The Balaban J connectivity index is 1.60. The summed E-state index contributed by atoms with van der Waals surface area (Å²) in [5, 5.41) is 5.26. The van der Waals surface area contributed by atoms with Gasteiger partial charge in [-0.2, -0.15) is 0 Å². The molecule has 0 fully saturated rings. The lowest BCUT2D eigenvalue weighted by Gasteiger charge is -2.08. The first-order valence-corrected chi connectivity index (χ1v) is 9.00. The third-order valence-corrected chi connectivity index (χ3v) is 4.21. The van der Waals surface area contributed by atoms with E-state index >= 15 is 0 Å². The third-order valence-electron chi connectivity index (χ3n) is 4.21. The van der Waals surface area contributed by atoms with E-state index in [1.807, 2.05) is 24.3 Å². The SMILES string of the molecule is COc1cccc(CCNC(=O)c2cc(C(=O)Nc3ccccc3F)ccn2)c1. The number of nitrogens with one attached hydrogen (secondary N) is 2. The molecular formula is C22H20FN3O3. The summed E-state index contributed by atoms with van der Waals surface area (Å²) < 4.78 is 18.9. The Morgan fingerprint density at radius 1 is 1.03 bits per heavy atom. The number of methoxy groups -OCH3 is 1. The fourth-order valence-corrected chi connectivity index (χ4v) is 2.69. The Hall–Kier alpha value is -3.74. The number of rotatable bonds is 7. The Kier molecular flexibility index (Phi) is 6.52. The van der Waals surface area contributed by atoms with Crippen molar-refractivity contribution in [1.82, 2.24) is 10.3 Å². The van der Waals surface area contributed by atoms with E-state index in [4.69, 9.17) is 4.74 Å². The van der Waals surface area contributed by atoms with Crippen LogP contribution in [0, 0.1) is 5.82 Å². The maximum atomic E-state index is 13.7. The smallest absolute Gasteiger partial charge is 0.269 e. The first-order chi connectivity index (χ1) is 14.1. The molecular weight excluding hydrogens is 373 g/mol. The minimum absolute atomic E-state index is 0.0682. The molecule has 3 aromatic rings. The van der Waals surface area contributed by atoms with Gasteiger partial charge in [0.1, 0.15) is 17.3 Å². The Morgan fingerprint density at radius 3 is 2.66 bits per heavy atom. The van der Waals surface area contributed by atoms with Crippen molar-refractivity contribution >= 4 is 17.5 Å². The molecule has 6 nitrogen and oxygen atoms in total. The van der Waals surface area contributed by atoms with Crippen molar-refractivity contribution in [1.29, 1.82) is 0 Å². The highest BCUT2D eigenvalue weighted by Gasteiger charge is 2.13. The highest BCUT2D eigenvalue weighted by molar-refractivity contribution is 6.05. The van der Waals surface area contributed by atoms with Gasteiger partial charge in [-0.15, -0.1) is 0 Å². The van der Waals surface area contributed by atoms with Gasteiger partial charge in [-0.1, -0.05) is 24.3 Å². The van der Waals surface area contributed by atoms with Crippen LogP contribution in [0.3, 0.4) is 0 Å². The van der Waals surface area contributed by atoms with E-state index in [1.54, 1.807) is 13.2 Å². The zero-order valence-corrected chi connectivity index (χ0v) is 15.8. The molecule has 0 aliphatic rings. The second kappa shape index (κ2) is 9.45. The van der Waals surface area contributed by atoms with Crippen LogP contribution in [-0.2, 0) is 6.42 Å². The summed E-state index contributed by atoms with van der Waals surface area (Å²) in [6.07, 6.45) is 1.99. The Bertz CT molecular complexity index is 1020. The first-order valence-electron chi connectivity index (χ1n) is 9.00. The molecule has 1 aromatic heterocycles. The van der Waals surface area contributed by atoms with Crippen LogP contribution >= 0.6 is 0 Å². The van der Waals surface area contributed by atoms with Crippen LogP contribution in [0.1, 0.15) is 26.4 Å². The molecule has 2 aromatic carbocycles. The molecule has 0 aliphatic heterocycles. The molecule has 2 N–H and O–H groups in total. The molecule has 0 bridgehead atoms. The van der Waals surface area contributed by atoms with Crippen molar-refractivity contribution in [2.45, 2.75) is 6.42 Å². The van der Waals surface area contributed by atoms with Gasteiger partial charge < -0.3 is 15.4 Å². The second-order valence-electron chi connectivity index (χ2n) is 6.22. The molecule has 3 rings (SSSR count). The molecule has 0 saturated heterocycles. The number of pyridine rings is 1. The van der Waals surface area contributed by atoms with Crippen LogP contribution in [0.2, 0.25) is 0 Å². The number of halogens is 1. The summed E-state index contributed by atoms with van der Waals surface area (Å²) in [6.45, 7) is 0.402. The number of para-hydroxylation sites is 1. The summed E-state index contributed by atoms with van der Waals surface area (Å²) in [5.74, 6) is -0.703. The van der Waals surface area contributed by atoms with Gasteiger partial charge in [0.05, 0.1) is 12.8 Å². The van der Waals surface area contributed by atoms with Crippen LogP contribution in [0.15, 0.2) is 66.9 Å². The normalized spacial score (nSPS) is 10.3. The largest absolute Gasteiger partial charge is 0.497 e. The number of amides is 2. The number of aromatic nitrogens is 1. The van der Waals surface area contributed by atoms with Gasteiger partial charge >= 0.3 is 0 Å². The number of benzene rings is 2. The molecule has 0 saturated carbocycles. The fraction of sp³-hybridized carbons (Fsp3) is 0.136. The van der Waals surface area contributed by atoms with E-state index in [0.717, 1.165) is 11.3 Å².